The van der Waals surface area contributed by atoms with Gasteiger partial charge in [0.2, 0.25) is 0 Å². The fourth-order valence-corrected chi connectivity index (χ4v) is 1.71. The molecule has 0 unspecified atom stereocenters. The van der Waals surface area contributed by atoms with E-state index in [0.717, 1.165) is 5.69 Å². The van der Waals surface area contributed by atoms with Crippen LogP contribution in [0.2, 0.25) is 5.02 Å². The van der Waals surface area contributed by atoms with Crippen molar-refractivity contribution in [3.8, 4) is 0 Å². The summed E-state index contributed by atoms with van der Waals surface area (Å²) in [6, 6.07) is 4.20. The van der Waals surface area contributed by atoms with Crippen LogP contribution in [0.3, 0.4) is 0 Å². The molecule has 0 aliphatic heterocycles. The van der Waals surface area contributed by atoms with Crippen molar-refractivity contribution < 1.29 is 4.39 Å². The zero-order valence-corrected chi connectivity index (χ0v) is 11.9. The van der Waals surface area contributed by atoms with Gasteiger partial charge in [-0.15, -0.1) is 5.10 Å². The quantitative estimate of drug-likeness (QED) is 0.938. The molecular formula is C13H16ClFN4. The summed E-state index contributed by atoms with van der Waals surface area (Å²) in [6.07, 6.45) is 1.86. The average molecular weight is 283 g/mol. The molecule has 0 aliphatic carbocycles. The van der Waals surface area contributed by atoms with Gasteiger partial charge >= 0.3 is 0 Å². The first kappa shape index (κ1) is 13.8. The standard InChI is InChI=1S/C13H16ClFN4/c1-13(2,3)19-8-10(17-18-19)7-16-12-6-9(15)4-5-11(12)14/h4-6,8,16H,7H2,1-3H3. The van der Waals surface area contributed by atoms with Gasteiger partial charge in [-0.3, -0.25) is 0 Å². The average Bonchev–Trinajstić information content (AvgIpc) is 2.79. The van der Waals surface area contributed by atoms with E-state index in [1.807, 2.05) is 27.0 Å². The van der Waals surface area contributed by atoms with Gasteiger partial charge in [0.05, 0.1) is 29.0 Å². The Labute approximate surface area is 116 Å². The van der Waals surface area contributed by atoms with Gasteiger partial charge in [0.1, 0.15) is 11.5 Å². The van der Waals surface area contributed by atoms with Gasteiger partial charge < -0.3 is 5.32 Å². The lowest BCUT2D eigenvalue weighted by molar-refractivity contribution is 0.347. The van der Waals surface area contributed by atoms with E-state index in [1.165, 1.54) is 18.2 Å². The number of hydrogen-bond acceptors (Lipinski definition) is 3. The predicted molar refractivity (Wildman–Crippen MR) is 73.8 cm³/mol. The van der Waals surface area contributed by atoms with Crippen LogP contribution in [-0.4, -0.2) is 15.0 Å². The summed E-state index contributed by atoms with van der Waals surface area (Å²) in [5, 5.41) is 11.6. The summed E-state index contributed by atoms with van der Waals surface area (Å²) >= 11 is 5.97. The highest BCUT2D eigenvalue weighted by atomic mass is 35.5. The highest BCUT2D eigenvalue weighted by Gasteiger charge is 2.15. The highest BCUT2D eigenvalue weighted by molar-refractivity contribution is 6.33. The van der Waals surface area contributed by atoms with Gasteiger partial charge in [-0.2, -0.15) is 0 Å². The molecule has 2 rings (SSSR count). The Morgan fingerprint density at radius 1 is 1.37 bits per heavy atom. The molecule has 0 atom stereocenters. The van der Waals surface area contributed by atoms with Crippen molar-refractivity contribution in [2.24, 2.45) is 0 Å². The second kappa shape index (κ2) is 5.17. The van der Waals surface area contributed by atoms with Crippen LogP contribution in [-0.2, 0) is 12.1 Å². The van der Waals surface area contributed by atoms with Crippen molar-refractivity contribution in [2.45, 2.75) is 32.9 Å². The Morgan fingerprint density at radius 2 is 2.11 bits per heavy atom. The van der Waals surface area contributed by atoms with E-state index in [4.69, 9.17) is 11.6 Å². The highest BCUT2D eigenvalue weighted by Crippen LogP contribution is 2.23. The maximum Gasteiger partial charge on any atom is 0.125 e. The molecule has 102 valence electrons. The van der Waals surface area contributed by atoms with Crippen molar-refractivity contribution in [3.05, 3.63) is 40.9 Å². The zero-order valence-electron chi connectivity index (χ0n) is 11.1. The van der Waals surface area contributed by atoms with Crippen LogP contribution in [0.1, 0.15) is 26.5 Å². The van der Waals surface area contributed by atoms with Crippen LogP contribution in [0.4, 0.5) is 10.1 Å². The minimum Gasteiger partial charge on any atom is -0.378 e. The van der Waals surface area contributed by atoms with Crippen LogP contribution in [0.25, 0.3) is 0 Å². The molecule has 0 bridgehead atoms. The third-order valence-electron chi connectivity index (χ3n) is 2.62. The lowest BCUT2D eigenvalue weighted by Gasteiger charge is -2.17. The van der Waals surface area contributed by atoms with Crippen LogP contribution >= 0.6 is 11.6 Å². The van der Waals surface area contributed by atoms with Crippen molar-refractivity contribution in [2.75, 3.05) is 5.32 Å². The van der Waals surface area contributed by atoms with Crippen molar-refractivity contribution in [1.29, 1.82) is 0 Å². The molecule has 0 aliphatic rings. The molecule has 1 aromatic heterocycles. The van der Waals surface area contributed by atoms with Gasteiger partial charge in [-0.1, -0.05) is 16.8 Å². The van der Waals surface area contributed by atoms with E-state index in [0.29, 0.717) is 17.3 Å². The third-order valence-corrected chi connectivity index (χ3v) is 2.95. The Balaban J connectivity index is 2.06. The minimum atomic E-state index is -0.328. The normalized spacial score (nSPS) is 11.6. The van der Waals surface area contributed by atoms with Gasteiger partial charge in [-0.05, 0) is 39.0 Å². The molecule has 0 saturated heterocycles. The number of hydrogen-bond donors (Lipinski definition) is 1. The summed E-state index contributed by atoms with van der Waals surface area (Å²) in [5.74, 6) is -0.328. The van der Waals surface area contributed by atoms with E-state index in [9.17, 15) is 4.39 Å². The molecule has 0 spiro atoms. The van der Waals surface area contributed by atoms with Crippen molar-refractivity contribution in [3.63, 3.8) is 0 Å². The number of aromatic nitrogens is 3. The summed E-state index contributed by atoms with van der Waals surface area (Å²) in [7, 11) is 0. The van der Waals surface area contributed by atoms with Crippen LogP contribution in [0, 0.1) is 5.82 Å². The number of benzene rings is 1. The SMILES string of the molecule is CC(C)(C)n1cc(CNc2cc(F)ccc2Cl)nn1. The molecule has 6 heteroatoms. The molecule has 1 aromatic carbocycles. The molecule has 0 amide bonds. The zero-order chi connectivity index (χ0) is 14.0. The smallest absolute Gasteiger partial charge is 0.125 e. The topological polar surface area (TPSA) is 42.7 Å². The van der Waals surface area contributed by atoms with Crippen LogP contribution < -0.4 is 5.32 Å². The summed E-state index contributed by atoms with van der Waals surface area (Å²) in [6.45, 7) is 6.58. The second-order valence-corrected chi connectivity index (χ2v) is 5.71. The first-order chi connectivity index (χ1) is 8.86. The first-order valence-corrected chi connectivity index (χ1v) is 6.35. The summed E-state index contributed by atoms with van der Waals surface area (Å²) < 4.78 is 14.9. The molecule has 1 N–H and O–H groups in total. The van der Waals surface area contributed by atoms with E-state index in [2.05, 4.69) is 15.6 Å². The van der Waals surface area contributed by atoms with E-state index >= 15 is 0 Å². The number of nitrogens with zero attached hydrogens (tertiary/aromatic N) is 3. The second-order valence-electron chi connectivity index (χ2n) is 5.30. The Kier molecular flexibility index (Phi) is 3.75. The fraction of sp³-hybridized carbons (Fsp3) is 0.385. The molecule has 0 radical (unpaired) electrons. The molecule has 2 aromatic rings. The van der Waals surface area contributed by atoms with Crippen molar-refractivity contribution >= 4 is 17.3 Å². The maximum absolute atomic E-state index is 13.1. The Morgan fingerprint density at radius 3 is 2.74 bits per heavy atom. The molecule has 0 saturated carbocycles. The molecular weight excluding hydrogens is 267 g/mol. The molecule has 1 heterocycles. The van der Waals surface area contributed by atoms with E-state index < -0.39 is 0 Å². The number of anilines is 1. The Bertz CT molecular complexity index is 574. The van der Waals surface area contributed by atoms with Crippen molar-refractivity contribution in [1.82, 2.24) is 15.0 Å². The van der Waals surface area contributed by atoms with Gasteiger partial charge in [0.15, 0.2) is 0 Å². The molecule has 19 heavy (non-hydrogen) atoms. The third kappa shape index (κ3) is 3.44. The Hall–Kier alpha value is -1.62. The lowest BCUT2D eigenvalue weighted by Crippen LogP contribution is -2.22. The van der Waals surface area contributed by atoms with E-state index in [1.54, 1.807) is 4.68 Å². The summed E-state index contributed by atoms with van der Waals surface area (Å²) in [4.78, 5) is 0. The number of nitrogens with one attached hydrogen (secondary N) is 1. The maximum atomic E-state index is 13.1. The molecule has 0 fully saturated rings. The van der Waals surface area contributed by atoms with Gasteiger partial charge in [0, 0.05) is 0 Å². The lowest BCUT2D eigenvalue weighted by atomic mass is 10.1. The first-order valence-electron chi connectivity index (χ1n) is 5.97. The van der Waals surface area contributed by atoms with Gasteiger partial charge in [0.25, 0.3) is 0 Å². The predicted octanol–water partition coefficient (Wildman–Crippen LogP) is 3.44. The largest absolute Gasteiger partial charge is 0.378 e. The molecule has 4 nitrogen and oxygen atoms in total. The van der Waals surface area contributed by atoms with Gasteiger partial charge in [-0.25, -0.2) is 9.07 Å². The number of halogens is 2. The van der Waals surface area contributed by atoms with Crippen LogP contribution in [0.15, 0.2) is 24.4 Å². The van der Waals surface area contributed by atoms with Crippen LogP contribution in [0.5, 0.6) is 0 Å². The number of rotatable bonds is 3. The minimum absolute atomic E-state index is 0.109. The van der Waals surface area contributed by atoms with E-state index in [-0.39, 0.29) is 11.4 Å². The summed E-state index contributed by atoms with van der Waals surface area (Å²) in [5.41, 5.74) is 1.21. The monoisotopic (exact) mass is 282 g/mol. The fourth-order valence-electron chi connectivity index (χ4n) is 1.53.